The van der Waals surface area contributed by atoms with Crippen molar-refractivity contribution in [2.24, 2.45) is 5.92 Å². The summed E-state index contributed by atoms with van der Waals surface area (Å²) in [6.45, 7) is 4.63. The zero-order valence-corrected chi connectivity index (χ0v) is 16.3. The maximum atomic E-state index is 13.0. The van der Waals surface area contributed by atoms with Crippen LogP contribution < -0.4 is 9.47 Å². The van der Waals surface area contributed by atoms with Gasteiger partial charge in [0.25, 0.3) is 0 Å². The Balaban J connectivity index is 1.34. The van der Waals surface area contributed by atoms with Crippen LogP contribution in [0.15, 0.2) is 18.2 Å². The Bertz CT molecular complexity index is 640. The lowest BCUT2D eigenvalue weighted by Crippen LogP contribution is -2.51. The van der Waals surface area contributed by atoms with Crippen molar-refractivity contribution in [3.8, 4) is 11.5 Å². The highest BCUT2D eigenvalue weighted by atomic mass is 32.2. The van der Waals surface area contributed by atoms with Gasteiger partial charge in [-0.15, -0.1) is 0 Å². The summed E-state index contributed by atoms with van der Waals surface area (Å²) in [6, 6.07) is 6.58. The number of likely N-dealkylation sites (tertiary alicyclic amines) is 1. The van der Waals surface area contributed by atoms with Crippen LogP contribution in [0, 0.1) is 5.92 Å². The molecule has 0 N–H and O–H groups in total. The van der Waals surface area contributed by atoms with Gasteiger partial charge in [0, 0.05) is 43.7 Å². The van der Waals surface area contributed by atoms with E-state index in [4.69, 9.17) is 9.47 Å². The Morgan fingerprint density at radius 1 is 1.19 bits per heavy atom. The minimum Gasteiger partial charge on any atom is -0.493 e. The maximum Gasteiger partial charge on any atom is 0.229 e. The lowest BCUT2D eigenvalue weighted by molar-refractivity contribution is -0.138. The molecule has 0 spiro atoms. The molecule has 26 heavy (non-hydrogen) atoms. The van der Waals surface area contributed by atoms with Crippen molar-refractivity contribution >= 4 is 17.7 Å². The van der Waals surface area contributed by atoms with Crippen molar-refractivity contribution in [1.82, 2.24) is 9.80 Å². The van der Waals surface area contributed by atoms with Crippen LogP contribution in [0.2, 0.25) is 0 Å². The van der Waals surface area contributed by atoms with Crippen molar-refractivity contribution < 1.29 is 14.3 Å². The summed E-state index contributed by atoms with van der Waals surface area (Å²) in [6.07, 6.45) is 2.96. The van der Waals surface area contributed by atoms with E-state index < -0.39 is 0 Å². The summed E-state index contributed by atoms with van der Waals surface area (Å²) in [5.41, 5.74) is 1.08. The van der Waals surface area contributed by atoms with E-state index >= 15 is 0 Å². The number of amides is 1. The smallest absolute Gasteiger partial charge is 0.229 e. The van der Waals surface area contributed by atoms with Crippen molar-refractivity contribution in [1.29, 1.82) is 0 Å². The molecular weight excluding hydrogens is 348 g/mol. The number of thioether (sulfide) groups is 1. The van der Waals surface area contributed by atoms with E-state index in [0.29, 0.717) is 12.6 Å². The number of ether oxygens (including phenoxy) is 2. The predicted octanol–water partition coefficient (Wildman–Crippen LogP) is 2.29. The highest BCUT2D eigenvalue weighted by Crippen LogP contribution is 2.36. The molecule has 3 aliphatic rings. The number of rotatable bonds is 3. The summed E-state index contributed by atoms with van der Waals surface area (Å²) < 4.78 is 11.3. The number of para-hydroxylation sites is 1. The van der Waals surface area contributed by atoms with E-state index in [9.17, 15) is 4.79 Å². The van der Waals surface area contributed by atoms with Gasteiger partial charge >= 0.3 is 0 Å². The molecule has 1 aromatic carbocycles. The van der Waals surface area contributed by atoms with Gasteiger partial charge in [-0.05, 0) is 30.9 Å². The fourth-order valence-corrected chi connectivity index (χ4v) is 5.30. The van der Waals surface area contributed by atoms with E-state index in [1.165, 1.54) is 24.6 Å². The Labute approximate surface area is 160 Å². The fourth-order valence-electron chi connectivity index (χ4n) is 4.37. The molecule has 0 bridgehead atoms. The monoisotopic (exact) mass is 376 g/mol. The molecule has 0 aliphatic carbocycles. The molecule has 0 aromatic heterocycles. The Morgan fingerprint density at radius 3 is 2.69 bits per heavy atom. The highest BCUT2D eigenvalue weighted by Gasteiger charge is 2.34. The summed E-state index contributed by atoms with van der Waals surface area (Å²) in [5, 5.41) is 0. The maximum absolute atomic E-state index is 13.0. The molecular formula is C20H28N2O3S. The van der Waals surface area contributed by atoms with Gasteiger partial charge in [-0.3, -0.25) is 9.69 Å². The lowest BCUT2D eigenvalue weighted by atomic mass is 9.93. The van der Waals surface area contributed by atoms with Crippen LogP contribution in [-0.2, 0) is 11.2 Å². The number of hydrogen-bond donors (Lipinski definition) is 0. The Kier molecular flexibility index (Phi) is 5.60. The number of carbonyl (C=O) groups excluding carboxylic acids is 1. The fraction of sp³-hybridized carbons (Fsp3) is 0.650. The van der Waals surface area contributed by atoms with Crippen molar-refractivity contribution in [2.45, 2.75) is 25.3 Å². The molecule has 5 nitrogen and oxygen atoms in total. The zero-order valence-electron chi connectivity index (χ0n) is 15.5. The molecule has 3 aliphatic heterocycles. The van der Waals surface area contributed by atoms with Gasteiger partial charge in [0.15, 0.2) is 11.5 Å². The van der Waals surface area contributed by atoms with Crippen LogP contribution >= 0.6 is 11.8 Å². The largest absolute Gasteiger partial charge is 0.493 e. The Morgan fingerprint density at radius 2 is 1.96 bits per heavy atom. The van der Waals surface area contributed by atoms with Crippen LogP contribution in [0.5, 0.6) is 11.5 Å². The summed E-state index contributed by atoms with van der Waals surface area (Å²) in [4.78, 5) is 17.7. The average Bonchev–Trinajstić information content (AvgIpc) is 2.73. The first-order valence-electron chi connectivity index (χ1n) is 9.65. The van der Waals surface area contributed by atoms with E-state index in [-0.39, 0.29) is 11.8 Å². The van der Waals surface area contributed by atoms with E-state index in [1.807, 2.05) is 18.2 Å². The standard InChI is InChI=1S/C20H28N2O3S/c1-24-18-4-2-3-15-13-16(14-25-19(15)18)20(23)22-7-5-17(6-8-22)21-9-11-26-12-10-21/h2-4,16-17H,5-14H2,1H3/t16-/m0/s1. The van der Waals surface area contributed by atoms with E-state index in [1.54, 1.807) is 7.11 Å². The summed E-state index contributed by atoms with van der Waals surface area (Å²) >= 11 is 2.05. The molecule has 1 amide bonds. The van der Waals surface area contributed by atoms with Gasteiger partial charge in [-0.2, -0.15) is 11.8 Å². The zero-order chi connectivity index (χ0) is 17.9. The van der Waals surface area contributed by atoms with Crippen molar-refractivity contribution in [3.63, 3.8) is 0 Å². The summed E-state index contributed by atoms with van der Waals surface area (Å²) in [7, 11) is 1.65. The third kappa shape index (κ3) is 3.67. The molecule has 2 saturated heterocycles. The number of fused-ring (bicyclic) bond motifs is 1. The van der Waals surface area contributed by atoms with Gasteiger partial charge in [0.2, 0.25) is 5.91 Å². The molecule has 0 radical (unpaired) electrons. The third-order valence-electron chi connectivity index (χ3n) is 5.86. The van der Waals surface area contributed by atoms with Gasteiger partial charge in [0.1, 0.15) is 6.61 Å². The molecule has 4 rings (SSSR count). The second-order valence-electron chi connectivity index (χ2n) is 7.37. The predicted molar refractivity (Wildman–Crippen MR) is 104 cm³/mol. The average molecular weight is 377 g/mol. The minimum atomic E-state index is -0.0717. The number of piperidine rings is 1. The van der Waals surface area contributed by atoms with E-state index in [2.05, 4.69) is 21.6 Å². The van der Waals surface area contributed by atoms with Crippen LogP contribution in [-0.4, -0.2) is 73.2 Å². The van der Waals surface area contributed by atoms with Gasteiger partial charge in [0.05, 0.1) is 13.0 Å². The molecule has 1 atom stereocenters. The van der Waals surface area contributed by atoms with E-state index in [0.717, 1.165) is 49.4 Å². The minimum absolute atomic E-state index is 0.0717. The van der Waals surface area contributed by atoms with Crippen LogP contribution in [0.4, 0.5) is 0 Å². The number of carbonyl (C=O) groups is 1. The Hall–Kier alpha value is -1.40. The number of benzene rings is 1. The van der Waals surface area contributed by atoms with Gasteiger partial charge in [-0.25, -0.2) is 0 Å². The molecule has 2 fully saturated rings. The van der Waals surface area contributed by atoms with Gasteiger partial charge in [-0.1, -0.05) is 12.1 Å². The molecule has 1 aromatic rings. The third-order valence-corrected chi connectivity index (χ3v) is 6.81. The van der Waals surface area contributed by atoms with Crippen LogP contribution in [0.3, 0.4) is 0 Å². The second kappa shape index (κ2) is 8.09. The van der Waals surface area contributed by atoms with Gasteiger partial charge < -0.3 is 14.4 Å². The topological polar surface area (TPSA) is 42.0 Å². The van der Waals surface area contributed by atoms with Crippen LogP contribution in [0.1, 0.15) is 18.4 Å². The SMILES string of the molecule is COc1cccc2c1OC[C@@H](C(=O)N1CCC(N3CCSCC3)CC1)C2. The summed E-state index contributed by atoms with van der Waals surface area (Å²) in [5.74, 6) is 4.25. The molecule has 0 saturated carbocycles. The normalized spacial score (nSPS) is 24.7. The highest BCUT2D eigenvalue weighted by molar-refractivity contribution is 7.99. The lowest BCUT2D eigenvalue weighted by Gasteiger charge is -2.41. The first-order valence-corrected chi connectivity index (χ1v) is 10.8. The quantitative estimate of drug-likeness (QED) is 0.810. The van der Waals surface area contributed by atoms with Crippen molar-refractivity contribution in [3.05, 3.63) is 23.8 Å². The first kappa shape index (κ1) is 18.0. The second-order valence-corrected chi connectivity index (χ2v) is 8.59. The number of hydrogen-bond acceptors (Lipinski definition) is 5. The molecule has 0 unspecified atom stereocenters. The molecule has 6 heteroatoms. The molecule has 142 valence electrons. The van der Waals surface area contributed by atoms with Crippen molar-refractivity contribution in [2.75, 3.05) is 51.4 Å². The molecule has 3 heterocycles. The number of methoxy groups -OCH3 is 1. The van der Waals surface area contributed by atoms with Crippen LogP contribution in [0.25, 0.3) is 0 Å². The number of nitrogens with zero attached hydrogens (tertiary/aromatic N) is 2. The first-order chi connectivity index (χ1) is 12.8.